The van der Waals surface area contributed by atoms with Crippen molar-refractivity contribution in [2.24, 2.45) is 5.92 Å². The van der Waals surface area contributed by atoms with E-state index < -0.39 is 0 Å². The minimum absolute atomic E-state index is 0.207. The van der Waals surface area contributed by atoms with Gasteiger partial charge >= 0.3 is 0 Å². The second kappa shape index (κ2) is 4.56. The molecule has 1 aliphatic rings. The molecule has 1 atom stereocenters. The summed E-state index contributed by atoms with van der Waals surface area (Å²) in [5.41, 5.74) is 1.09. The number of ether oxygens (including phenoxy) is 1. The van der Waals surface area contributed by atoms with E-state index in [0.717, 1.165) is 5.69 Å². The van der Waals surface area contributed by atoms with Gasteiger partial charge in [-0.15, -0.1) is 0 Å². The minimum Gasteiger partial charge on any atom is -0.375 e. The van der Waals surface area contributed by atoms with Gasteiger partial charge in [-0.1, -0.05) is 18.9 Å². The normalized spacial score (nSPS) is 19.8. The van der Waals surface area contributed by atoms with Gasteiger partial charge in [0.25, 0.3) is 0 Å². The summed E-state index contributed by atoms with van der Waals surface area (Å²) < 4.78 is 5.56. The van der Waals surface area contributed by atoms with E-state index >= 15 is 0 Å². The SMILES string of the molecule is COC(c1ccccn1)C1CCCC1. The van der Waals surface area contributed by atoms with Crippen LogP contribution in [0.15, 0.2) is 24.4 Å². The second-order valence-corrected chi connectivity index (χ2v) is 3.96. The van der Waals surface area contributed by atoms with Crippen LogP contribution in [0.1, 0.15) is 37.5 Å². The highest BCUT2D eigenvalue weighted by Gasteiger charge is 2.26. The van der Waals surface area contributed by atoms with Crippen LogP contribution in [-0.4, -0.2) is 12.1 Å². The van der Waals surface area contributed by atoms with E-state index in [1.54, 1.807) is 7.11 Å². The van der Waals surface area contributed by atoms with Crippen LogP contribution in [0.5, 0.6) is 0 Å². The predicted octanol–water partition coefficient (Wildman–Crippen LogP) is 2.96. The first-order valence-electron chi connectivity index (χ1n) is 5.35. The molecule has 0 saturated heterocycles. The third-order valence-corrected chi connectivity index (χ3v) is 3.06. The molecule has 2 nitrogen and oxygen atoms in total. The lowest BCUT2D eigenvalue weighted by Crippen LogP contribution is -2.13. The van der Waals surface area contributed by atoms with Gasteiger partial charge in [-0.3, -0.25) is 4.98 Å². The first-order chi connectivity index (χ1) is 6.92. The fourth-order valence-electron chi connectivity index (χ4n) is 2.36. The smallest absolute Gasteiger partial charge is 0.102 e. The van der Waals surface area contributed by atoms with Crippen molar-refractivity contribution in [3.05, 3.63) is 30.1 Å². The highest BCUT2D eigenvalue weighted by molar-refractivity contribution is 5.08. The molecule has 0 N–H and O–H groups in total. The van der Waals surface area contributed by atoms with Crippen LogP contribution in [0.3, 0.4) is 0 Å². The van der Waals surface area contributed by atoms with Crippen molar-refractivity contribution in [3.63, 3.8) is 0 Å². The summed E-state index contributed by atoms with van der Waals surface area (Å²) in [5, 5.41) is 0. The van der Waals surface area contributed by atoms with Crippen molar-refractivity contribution in [3.8, 4) is 0 Å². The van der Waals surface area contributed by atoms with Crippen LogP contribution >= 0.6 is 0 Å². The third kappa shape index (κ3) is 1.95. The zero-order valence-corrected chi connectivity index (χ0v) is 8.65. The van der Waals surface area contributed by atoms with E-state index in [1.165, 1.54) is 25.7 Å². The zero-order chi connectivity index (χ0) is 9.80. The quantitative estimate of drug-likeness (QED) is 0.732. The molecular formula is C12H17NO. The van der Waals surface area contributed by atoms with Crippen molar-refractivity contribution >= 4 is 0 Å². The molecule has 76 valence electrons. The fourth-order valence-corrected chi connectivity index (χ4v) is 2.36. The van der Waals surface area contributed by atoms with Crippen molar-refractivity contribution in [1.82, 2.24) is 4.98 Å². The van der Waals surface area contributed by atoms with Crippen LogP contribution in [0, 0.1) is 5.92 Å². The van der Waals surface area contributed by atoms with E-state index in [4.69, 9.17) is 4.74 Å². The van der Waals surface area contributed by atoms with E-state index in [9.17, 15) is 0 Å². The molecule has 2 heteroatoms. The summed E-state index contributed by atoms with van der Waals surface area (Å²) in [7, 11) is 1.79. The Morgan fingerprint density at radius 3 is 2.71 bits per heavy atom. The lowest BCUT2D eigenvalue weighted by atomic mass is 9.98. The number of aromatic nitrogens is 1. The molecule has 14 heavy (non-hydrogen) atoms. The molecule has 2 rings (SSSR count). The van der Waals surface area contributed by atoms with E-state index in [2.05, 4.69) is 11.1 Å². The Hall–Kier alpha value is -0.890. The summed E-state index contributed by atoms with van der Waals surface area (Å²) in [6.45, 7) is 0. The maximum absolute atomic E-state index is 5.56. The Labute approximate surface area is 85.3 Å². The lowest BCUT2D eigenvalue weighted by molar-refractivity contribution is 0.0502. The molecule has 1 heterocycles. The Bertz CT molecular complexity index is 267. The van der Waals surface area contributed by atoms with E-state index in [1.807, 2.05) is 18.3 Å². The Morgan fingerprint density at radius 1 is 1.36 bits per heavy atom. The molecular weight excluding hydrogens is 174 g/mol. The van der Waals surface area contributed by atoms with Crippen molar-refractivity contribution in [1.29, 1.82) is 0 Å². The van der Waals surface area contributed by atoms with Crippen molar-refractivity contribution in [2.45, 2.75) is 31.8 Å². The van der Waals surface area contributed by atoms with Crippen molar-refractivity contribution in [2.75, 3.05) is 7.11 Å². The molecule has 1 fully saturated rings. The van der Waals surface area contributed by atoms with Crippen LogP contribution in [0.2, 0.25) is 0 Å². The molecule has 0 amide bonds. The summed E-state index contributed by atoms with van der Waals surface area (Å²) in [4.78, 5) is 4.37. The summed E-state index contributed by atoms with van der Waals surface area (Å²) >= 11 is 0. The molecule has 0 spiro atoms. The van der Waals surface area contributed by atoms with Crippen LogP contribution in [0.4, 0.5) is 0 Å². The number of methoxy groups -OCH3 is 1. The maximum atomic E-state index is 5.56. The number of hydrogen-bond donors (Lipinski definition) is 0. The maximum Gasteiger partial charge on any atom is 0.102 e. The molecule has 0 aromatic carbocycles. The Kier molecular flexibility index (Phi) is 3.14. The number of pyridine rings is 1. The number of nitrogens with zero attached hydrogens (tertiary/aromatic N) is 1. The van der Waals surface area contributed by atoms with Gasteiger partial charge in [-0.25, -0.2) is 0 Å². The number of hydrogen-bond acceptors (Lipinski definition) is 2. The van der Waals surface area contributed by atoms with Gasteiger partial charge in [-0.05, 0) is 30.9 Å². The van der Waals surface area contributed by atoms with Gasteiger partial charge < -0.3 is 4.74 Å². The molecule has 1 aromatic heterocycles. The van der Waals surface area contributed by atoms with Gasteiger partial charge in [0.05, 0.1) is 5.69 Å². The summed E-state index contributed by atoms with van der Waals surface area (Å²) in [6, 6.07) is 6.04. The highest BCUT2D eigenvalue weighted by atomic mass is 16.5. The van der Waals surface area contributed by atoms with Crippen LogP contribution in [-0.2, 0) is 4.74 Å². The number of rotatable bonds is 3. The zero-order valence-electron chi connectivity index (χ0n) is 8.65. The average molecular weight is 191 g/mol. The predicted molar refractivity (Wildman–Crippen MR) is 55.9 cm³/mol. The average Bonchev–Trinajstić information content (AvgIpc) is 2.74. The monoisotopic (exact) mass is 191 g/mol. The molecule has 0 radical (unpaired) electrons. The standard InChI is InChI=1S/C12H17NO/c1-14-12(10-6-2-3-7-10)11-8-4-5-9-13-11/h4-5,8-10,12H,2-3,6-7H2,1H3. The fraction of sp³-hybridized carbons (Fsp3) is 0.583. The first kappa shape index (κ1) is 9.66. The summed E-state index contributed by atoms with van der Waals surface area (Å²) in [5.74, 6) is 0.676. The largest absolute Gasteiger partial charge is 0.375 e. The molecule has 1 saturated carbocycles. The highest BCUT2D eigenvalue weighted by Crippen LogP contribution is 2.36. The third-order valence-electron chi connectivity index (χ3n) is 3.06. The molecule has 1 aliphatic carbocycles. The summed E-state index contributed by atoms with van der Waals surface area (Å²) in [6.07, 6.45) is 7.31. The van der Waals surface area contributed by atoms with Gasteiger partial charge in [0.1, 0.15) is 6.10 Å². The van der Waals surface area contributed by atoms with Gasteiger partial charge in [0, 0.05) is 13.3 Å². The molecule has 1 unspecified atom stereocenters. The van der Waals surface area contributed by atoms with E-state index in [0.29, 0.717) is 5.92 Å². The van der Waals surface area contributed by atoms with Gasteiger partial charge in [0.15, 0.2) is 0 Å². The first-order valence-corrected chi connectivity index (χ1v) is 5.35. The molecule has 0 bridgehead atoms. The van der Waals surface area contributed by atoms with E-state index in [-0.39, 0.29) is 6.10 Å². The van der Waals surface area contributed by atoms with Crippen LogP contribution < -0.4 is 0 Å². The molecule has 0 aliphatic heterocycles. The van der Waals surface area contributed by atoms with Crippen LogP contribution in [0.25, 0.3) is 0 Å². The molecule has 1 aromatic rings. The minimum atomic E-state index is 0.207. The van der Waals surface area contributed by atoms with Crippen molar-refractivity contribution < 1.29 is 4.74 Å². The Morgan fingerprint density at radius 2 is 2.14 bits per heavy atom. The second-order valence-electron chi connectivity index (χ2n) is 3.96. The van der Waals surface area contributed by atoms with Gasteiger partial charge in [0.2, 0.25) is 0 Å². The van der Waals surface area contributed by atoms with Gasteiger partial charge in [-0.2, -0.15) is 0 Å². The Balaban J connectivity index is 2.12. The topological polar surface area (TPSA) is 22.1 Å². The lowest BCUT2D eigenvalue weighted by Gasteiger charge is -2.21.